The van der Waals surface area contributed by atoms with Crippen molar-refractivity contribution in [2.75, 3.05) is 19.4 Å². The number of nitrogen functional groups attached to an aromatic ring is 1. The molecule has 34 heavy (non-hydrogen) atoms. The molecule has 0 saturated heterocycles. The number of carbonyl (C=O) groups excluding carboxylic acids is 1. The number of aryl methyl sites for hydroxylation is 2. The summed E-state index contributed by atoms with van der Waals surface area (Å²) in [5.74, 6) is -0.321. The number of fused-ring (bicyclic) bond motifs is 1. The van der Waals surface area contributed by atoms with Crippen molar-refractivity contribution in [2.24, 2.45) is 7.05 Å². The number of rotatable bonds is 6. The maximum Gasteiger partial charge on any atom is 0.409 e. The van der Waals surface area contributed by atoms with E-state index in [1.165, 1.54) is 19.2 Å². The Kier molecular flexibility index (Phi) is 6.49. The highest BCUT2D eigenvalue weighted by Crippen LogP contribution is 2.32. The van der Waals surface area contributed by atoms with Crippen LogP contribution in [0.3, 0.4) is 0 Å². The lowest BCUT2D eigenvalue weighted by Crippen LogP contribution is -2.35. The van der Waals surface area contributed by atoms with E-state index in [1.807, 2.05) is 49.8 Å². The molecule has 7 nitrogen and oxygen atoms in total. The number of anilines is 1. The number of hydrogen-bond acceptors (Lipinski definition) is 5. The lowest BCUT2D eigenvalue weighted by Gasteiger charge is -2.28. The second kappa shape index (κ2) is 9.51. The molecule has 8 heteroatoms. The summed E-state index contributed by atoms with van der Waals surface area (Å²) in [7, 11) is 3.24. The number of benzene rings is 2. The van der Waals surface area contributed by atoms with E-state index in [2.05, 4.69) is 4.98 Å². The Balaban J connectivity index is 1.66. The summed E-state index contributed by atoms with van der Waals surface area (Å²) in [5, 5.41) is 5.69. The molecule has 176 valence electrons. The van der Waals surface area contributed by atoms with Crippen LogP contribution in [0.2, 0.25) is 0 Å². The Bertz CT molecular complexity index is 1330. The molecule has 0 saturated carbocycles. The van der Waals surface area contributed by atoms with E-state index < -0.39 is 6.09 Å². The maximum absolute atomic E-state index is 13.4. The average Bonchev–Trinajstić information content (AvgIpc) is 3.14. The normalized spacial score (nSPS) is 12.0. The van der Waals surface area contributed by atoms with Crippen molar-refractivity contribution in [2.45, 2.75) is 26.3 Å². The molecule has 0 fully saturated rings. The quantitative estimate of drug-likeness (QED) is 0.407. The third-order valence-corrected chi connectivity index (χ3v) is 6.13. The van der Waals surface area contributed by atoms with Crippen molar-refractivity contribution in [1.82, 2.24) is 19.7 Å². The molecule has 4 rings (SSSR count). The summed E-state index contributed by atoms with van der Waals surface area (Å²) < 4.78 is 20.2. The summed E-state index contributed by atoms with van der Waals surface area (Å²) >= 11 is 0. The minimum atomic E-state index is -0.453. The predicted octanol–water partition coefficient (Wildman–Crippen LogP) is 5.04. The smallest absolute Gasteiger partial charge is 0.409 e. The predicted molar refractivity (Wildman–Crippen MR) is 131 cm³/mol. The van der Waals surface area contributed by atoms with Crippen LogP contribution in [-0.4, -0.2) is 39.4 Å². The van der Waals surface area contributed by atoms with Gasteiger partial charge >= 0.3 is 6.09 Å². The number of amides is 1. The number of carbonyl (C=O) groups is 1. The highest BCUT2D eigenvalue weighted by molar-refractivity contribution is 5.95. The van der Waals surface area contributed by atoms with Gasteiger partial charge in [0.15, 0.2) is 0 Å². The van der Waals surface area contributed by atoms with Gasteiger partial charge < -0.3 is 15.4 Å². The summed E-state index contributed by atoms with van der Waals surface area (Å²) in [4.78, 5) is 18.5. The lowest BCUT2D eigenvalue weighted by atomic mass is 10.0. The molecule has 0 aliphatic heterocycles. The molecular weight excluding hydrogens is 433 g/mol. The van der Waals surface area contributed by atoms with Gasteiger partial charge in [0.1, 0.15) is 11.5 Å². The number of halogens is 1. The summed E-state index contributed by atoms with van der Waals surface area (Å²) in [6.45, 7) is 4.22. The molecule has 2 N–H and O–H groups in total. The molecule has 2 aromatic carbocycles. The van der Waals surface area contributed by atoms with Crippen molar-refractivity contribution in [3.63, 3.8) is 0 Å². The van der Waals surface area contributed by atoms with Gasteiger partial charge in [-0.3, -0.25) is 9.67 Å². The largest absolute Gasteiger partial charge is 0.453 e. The zero-order valence-electron chi connectivity index (χ0n) is 19.7. The molecule has 2 aromatic heterocycles. The van der Waals surface area contributed by atoms with Gasteiger partial charge in [0.2, 0.25) is 0 Å². The van der Waals surface area contributed by atoms with E-state index in [1.54, 1.807) is 23.2 Å². The van der Waals surface area contributed by atoms with Gasteiger partial charge in [-0.1, -0.05) is 12.1 Å². The zero-order valence-corrected chi connectivity index (χ0v) is 19.7. The Morgan fingerprint density at radius 3 is 2.62 bits per heavy atom. The van der Waals surface area contributed by atoms with E-state index in [9.17, 15) is 9.18 Å². The molecule has 0 unspecified atom stereocenters. The SMILES string of the molecule is COC(=O)N(CCc1cc2c(-c3ccnc(C)c3)nn(C)c2cc1N)[C@H](C)c1ccc(F)cc1. The van der Waals surface area contributed by atoms with Gasteiger partial charge in [0.05, 0.1) is 18.7 Å². The number of aromatic nitrogens is 3. The number of ether oxygens (including phenoxy) is 1. The monoisotopic (exact) mass is 461 g/mol. The fourth-order valence-corrected chi connectivity index (χ4v) is 4.21. The first kappa shape index (κ1) is 23.2. The van der Waals surface area contributed by atoms with Gasteiger partial charge in [0, 0.05) is 42.1 Å². The summed E-state index contributed by atoms with van der Waals surface area (Å²) in [6.07, 6.45) is 1.84. The van der Waals surface area contributed by atoms with E-state index >= 15 is 0 Å². The molecule has 0 spiro atoms. The minimum absolute atomic E-state index is 0.299. The second-order valence-electron chi connectivity index (χ2n) is 8.37. The van der Waals surface area contributed by atoms with Crippen LogP contribution in [0.5, 0.6) is 0 Å². The number of nitrogens with zero attached hydrogens (tertiary/aromatic N) is 4. The van der Waals surface area contributed by atoms with Crippen molar-refractivity contribution in [1.29, 1.82) is 0 Å². The zero-order chi connectivity index (χ0) is 24.4. The van der Waals surface area contributed by atoms with Gasteiger partial charge in [0.25, 0.3) is 0 Å². The number of methoxy groups -OCH3 is 1. The van der Waals surface area contributed by atoms with Crippen LogP contribution >= 0.6 is 0 Å². The number of nitrogens with two attached hydrogens (primary N) is 1. The van der Waals surface area contributed by atoms with Crippen molar-refractivity contribution in [3.8, 4) is 11.3 Å². The molecule has 0 bridgehead atoms. The van der Waals surface area contributed by atoms with Crippen molar-refractivity contribution >= 4 is 22.7 Å². The van der Waals surface area contributed by atoms with E-state index in [4.69, 9.17) is 15.6 Å². The van der Waals surface area contributed by atoms with Gasteiger partial charge in [-0.15, -0.1) is 0 Å². The van der Waals surface area contributed by atoms with Crippen molar-refractivity contribution in [3.05, 3.63) is 77.4 Å². The molecule has 0 radical (unpaired) electrons. The summed E-state index contributed by atoms with van der Waals surface area (Å²) in [6, 6.07) is 13.7. The molecule has 2 heterocycles. The molecule has 0 aliphatic rings. The summed E-state index contributed by atoms with van der Waals surface area (Å²) in [5.41, 5.74) is 12.4. The highest BCUT2D eigenvalue weighted by Gasteiger charge is 2.23. The fraction of sp³-hybridized carbons (Fsp3) is 0.269. The van der Waals surface area contributed by atoms with Crippen LogP contribution in [0.4, 0.5) is 14.9 Å². The third-order valence-electron chi connectivity index (χ3n) is 6.13. The Hall–Kier alpha value is -3.94. The molecular formula is C26H28FN5O2. The first-order valence-corrected chi connectivity index (χ1v) is 11.1. The van der Waals surface area contributed by atoms with E-state index in [0.29, 0.717) is 18.7 Å². The Labute approximate surface area is 198 Å². The van der Waals surface area contributed by atoms with Crippen LogP contribution in [0.15, 0.2) is 54.7 Å². The molecule has 4 aromatic rings. The fourth-order valence-electron chi connectivity index (χ4n) is 4.21. The topological polar surface area (TPSA) is 86.3 Å². The minimum Gasteiger partial charge on any atom is -0.453 e. The molecule has 1 atom stereocenters. The van der Waals surface area contributed by atoms with Crippen LogP contribution in [0, 0.1) is 12.7 Å². The maximum atomic E-state index is 13.4. The molecule has 1 amide bonds. The van der Waals surface area contributed by atoms with Gasteiger partial charge in [-0.05, 0) is 67.8 Å². The van der Waals surface area contributed by atoms with Crippen LogP contribution in [0.25, 0.3) is 22.2 Å². The third kappa shape index (κ3) is 4.57. The first-order chi connectivity index (χ1) is 16.3. The van der Waals surface area contributed by atoms with Crippen LogP contribution < -0.4 is 5.73 Å². The highest BCUT2D eigenvalue weighted by atomic mass is 19.1. The lowest BCUT2D eigenvalue weighted by molar-refractivity contribution is 0.108. The van der Waals surface area contributed by atoms with E-state index in [-0.39, 0.29) is 11.9 Å². The number of pyridine rings is 1. The van der Waals surface area contributed by atoms with Crippen LogP contribution in [-0.2, 0) is 18.2 Å². The van der Waals surface area contributed by atoms with Gasteiger partial charge in [-0.25, -0.2) is 9.18 Å². The Morgan fingerprint density at radius 2 is 1.94 bits per heavy atom. The average molecular weight is 462 g/mol. The number of hydrogen-bond donors (Lipinski definition) is 1. The van der Waals surface area contributed by atoms with Gasteiger partial charge in [-0.2, -0.15) is 5.10 Å². The second-order valence-corrected chi connectivity index (χ2v) is 8.37. The van der Waals surface area contributed by atoms with Crippen LogP contribution in [0.1, 0.15) is 29.8 Å². The van der Waals surface area contributed by atoms with Crippen molar-refractivity contribution < 1.29 is 13.9 Å². The molecule has 0 aliphatic carbocycles. The standard InChI is InChI=1S/C26H28FN5O2/c1-16-13-20(9-11-29-16)25-22-14-19(23(28)15-24(22)31(3)30-25)10-12-32(26(33)34-4)17(2)18-5-7-21(27)8-6-18/h5-9,11,13-15,17H,10,12,28H2,1-4H3/t17-/m1/s1. The Morgan fingerprint density at radius 1 is 1.21 bits per heavy atom. The van der Waals surface area contributed by atoms with E-state index in [0.717, 1.165) is 39.0 Å². The first-order valence-electron chi connectivity index (χ1n) is 11.1.